The van der Waals surface area contributed by atoms with Crippen molar-refractivity contribution in [3.63, 3.8) is 0 Å². The van der Waals surface area contributed by atoms with Crippen molar-refractivity contribution in [2.45, 2.75) is 25.7 Å². The third kappa shape index (κ3) is 3.29. The number of allylic oxidation sites excluding steroid dienone is 1. The number of hydrogen-bond donors (Lipinski definition) is 0. The predicted molar refractivity (Wildman–Crippen MR) is 116 cm³/mol. The van der Waals surface area contributed by atoms with Crippen LogP contribution in [0.3, 0.4) is 0 Å². The molecule has 0 saturated carbocycles. The Bertz CT molecular complexity index is 1180. The SMILES string of the molecule is CN(C)C(=O)C1=CCC2(CC1)Cc1ccc(-c3cccc(C#N)c3)cc1/C2=N/C#N. The van der Waals surface area contributed by atoms with Gasteiger partial charge in [0.2, 0.25) is 12.1 Å². The van der Waals surface area contributed by atoms with Crippen molar-refractivity contribution in [2.75, 3.05) is 14.1 Å². The van der Waals surface area contributed by atoms with Gasteiger partial charge in [-0.2, -0.15) is 15.5 Å². The molecule has 2 aliphatic rings. The van der Waals surface area contributed by atoms with Gasteiger partial charge in [0.1, 0.15) is 0 Å². The largest absolute Gasteiger partial charge is 0.345 e. The maximum absolute atomic E-state index is 12.3. The summed E-state index contributed by atoms with van der Waals surface area (Å²) in [7, 11) is 3.54. The van der Waals surface area contributed by atoms with Gasteiger partial charge in [-0.3, -0.25) is 4.79 Å². The minimum Gasteiger partial charge on any atom is -0.345 e. The van der Waals surface area contributed by atoms with E-state index in [-0.39, 0.29) is 11.3 Å². The van der Waals surface area contributed by atoms with Gasteiger partial charge in [0.15, 0.2) is 0 Å². The van der Waals surface area contributed by atoms with Crippen LogP contribution in [-0.2, 0) is 11.2 Å². The average Bonchev–Trinajstić information content (AvgIpc) is 3.06. The third-order valence-corrected chi connectivity index (χ3v) is 6.18. The lowest BCUT2D eigenvalue weighted by Gasteiger charge is -2.33. The number of rotatable bonds is 2. The Balaban J connectivity index is 1.72. The Hall–Kier alpha value is -3.70. The Morgan fingerprint density at radius 3 is 2.60 bits per heavy atom. The summed E-state index contributed by atoms with van der Waals surface area (Å²) in [6.07, 6.45) is 7.04. The quantitative estimate of drug-likeness (QED) is 0.715. The summed E-state index contributed by atoms with van der Waals surface area (Å²) in [4.78, 5) is 18.2. The van der Waals surface area contributed by atoms with Gasteiger partial charge in [0.05, 0.1) is 17.3 Å². The van der Waals surface area contributed by atoms with Crippen molar-refractivity contribution in [1.29, 1.82) is 10.5 Å². The van der Waals surface area contributed by atoms with Crippen LogP contribution in [0.5, 0.6) is 0 Å². The van der Waals surface area contributed by atoms with Gasteiger partial charge in [0, 0.05) is 30.6 Å². The standard InChI is InChI=1S/C25H22N4O/c1-29(2)24(30)18-8-10-25(11-9-18)14-21-7-6-20(13-22(21)23(25)28-16-27)19-5-3-4-17(12-19)15-26/h3-8,12-13H,9-11,14H2,1-2H3/b28-23-. The first kappa shape index (κ1) is 19.6. The molecule has 0 N–H and O–H groups in total. The Morgan fingerprint density at radius 2 is 1.93 bits per heavy atom. The lowest BCUT2D eigenvalue weighted by molar-refractivity contribution is -0.125. The molecule has 5 heteroatoms. The maximum atomic E-state index is 12.3. The third-order valence-electron chi connectivity index (χ3n) is 6.18. The molecule has 0 radical (unpaired) electrons. The van der Waals surface area contributed by atoms with Gasteiger partial charge in [-0.1, -0.05) is 30.3 Å². The molecule has 1 spiro atoms. The zero-order chi connectivity index (χ0) is 21.3. The van der Waals surface area contributed by atoms with E-state index in [1.54, 1.807) is 25.1 Å². The van der Waals surface area contributed by atoms with Gasteiger partial charge in [-0.25, -0.2) is 0 Å². The monoisotopic (exact) mass is 394 g/mol. The van der Waals surface area contributed by atoms with Crippen molar-refractivity contribution in [3.8, 4) is 23.4 Å². The number of nitrogens with zero attached hydrogens (tertiary/aromatic N) is 4. The summed E-state index contributed by atoms with van der Waals surface area (Å²) < 4.78 is 0. The van der Waals surface area contributed by atoms with Gasteiger partial charge in [-0.05, 0) is 60.6 Å². The van der Waals surface area contributed by atoms with Gasteiger partial charge < -0.3 is 4.90 Å². The fraction of sp³-hybridized carbons (Fsp3) is 0.280. The number of nitriles is 2. The number of fused-ring (bicyclic) bond motifs is 1. The second-order valence-corrected chi connectivity index (χ2v) is 8.22. The highest BCUT2D eigenvalue weighted by Gasteiger charge is 2.44. The van der Waals surface area contributed by atoms with E-state index in [9.17, 15) is 15.3 Å². The molecule has 0 aliphatic heterocycles. The topological polar surface area (TPSA) is 80.2 Å². The zero-order valence-electron chi connectivity index (χ0n) is 17.1. The lowest BCUT2D eigenvalue weighted by Crippen LogP contribution is -2.33. The summed E-state index contributed by atoms with van der Waals surface area (Å²) in [5, 5.41) is 18.6. The second-order valence-electron chi connectivity index (χ2n) is 8.22. The van der Waals surface area contributed by atoms with Gasteiger partial charge in [-0.15, -0.1) is 0 Å². The molecule has 0 fully saturated rings. The molecule has 30 heavy (non-hydrogen) atoms. The van der Waals surface area contributed by atoms with Crippen LogP contribution in [0.4, 0.5) is 0 Å². The molecule has 0 bridgehead atoms. The molecule has 1 amide bonds. The Morgan fingerprint density at radius 1 is 1.13 bits per heavy atom. The summed E-state index contributed by atoms with van der Waals surface area (Å²) in [5.41, 5.74) is 6.21. The van der Waals surface area contributed by atoms with Gasteiger partial charge in [0.25, 0.3) is 0 Å². The number of aliphatic imine (C=N–C) groups is 1. The van der Waals surface area contributed by atoms with E-state index in [2.05, 4.69) is 29.3 Å². The number of likely N-dealkylation sites (N-methyl/N-ethyl adjacent to an activating group) is 1. The predicted octanol–water partition coefficient (Wildman–Crippen LogP) is 4.24. The summed E-state index contributed by atoms with van der Waals surface area (Å²) >= 11 is 0. The zero-order valence-corrected chi connectivity index (χ0v) is 17.1. The molecule has 0 aromatic heterocycles. The van der Waals surface area contributed by atoms with Crippen LogP contribution >= 0.6 is 0 Å². The molecule has 4 rings (SSSR count). The first-order valence-electron chi connectivity index (χ1n) is 9.99. The summed E-state index contributed by atoms with van der Waals surface area (Å²) in [6, 6.07) is 16.0. The molecule has 1 atom stereocenters. The van der Waals surface area contributed by atoms with E-state index in [1.807, 2.05) is 30.5 Å². The molecule has 2 aliphatic carbocycles. The first-order chi connectivity index (χ1) is 14.5. The van der Waals surface area contributed by atoms with Crippen LogP contribution in [0.15, 0.2) is 59.1 Å². The Labute approximate surface area is 176 Å². The normalized spacial score (nSPS) is 20.9. The Kier molecular flexibility index (Phi) is 4.98. The lowest BCUT2D eigenvalue weighted by atomic mass is 9.71. The van der Waals surface area contributed by atoms with E-state index in [0.717, 1.165) is 40.8 Å². The minimum absolute atomic E-state index is 0.0544. The molecule has 0 saturated heterocycles. The van der Waals surface area contributed by atoms with E-state index in [0.29, 0.717) is 18.4 Å². The van der Waals surface area contributed by atoms with Crippen molar-refractivity contribution in [2.24, 2.45) is 10.4 Å². The smallest absolute Gasteiger partial charge is 0.248 e. The fourth-order valence-electron chi connectivity index (χ4n) is 4.62. The number of carbonyl (C=O) groups is 1. The van der Waals surface area contributed by atoms with Crippen LogP contribution in [0.2, 0.25) is 0 Å². The summed E-state index contributed by atoms with van der Waals surface area (Å²) in [5.74, 6) is 0.0544. The van der Waals surface area contributed by atoms with E-state index >= 15 is 0 Å². The van der Waals surface area contributed by atoms with Crippen LogP contribution in [-0.4, -0.2) is 30.6 Å². The molecule has 2 aromatic rings. The average molecular weight is 394 g/mol. The van der Waals surface area contributed by atoms with Crippen molar-refractivity contribution in [1.82, 2.24) is 4.90 Å². The molecular weight excluding hydrogens is 372 g/mol. The molecule has 5 nitrogen and oxygen atoms in total. The van der Waals surface area contributed by atoms with Crippen LogP contribution < -0.4 is 0 Å². The minimum atomic E-state index is -0.235. The van der Waals surface area contributed by atoms with Crippen LogP contribution in [0.1, 0.15) is 36.0 Å². The molecule has 0 heterocycles. The molecule has 2 aromatic carbocycles. The number of amides is 1. The maximum Gasteiger partial charge on any atom is 0.248 e. The second kappa shape index (κ2) is 7.61. The van der Waals surface area contributed by atoms with E-state index < -0.39 is 0 Å². The van der Waals surface area contributed by atoms with Crippen molar-refractivity contribution in [3.05, 3.63) is 70.8 Å². The number of hydrogen-bond acceptors (Lipinski definition) is 4. The van der Waals surface area contributed by atoms with Crippen molar-refractivity contribution >= 4 is 11.6 Å². The van der Waals surface area contributed by atoms with Crippen LogP contribution in [0.25, 0.3) is 11.1 Å². The van der Waals surface area contributed by atoms with Gasteiger partial charge >= 0.3 is 0 Å². The highest BCUT2D eigenvalue weighted by molar-refractivity contribution is 6.10. The van der Waals surface area contributed by atoms with Crippen molar-refractivity contribution < 1.29 is 4.79 Å². The molecule has 148 valence electrons. The first-order valence-corrected chi connectivity index (χ1v) is 9.99. The van der Waals surface area contributed by atoms with Crippen LogP contribution in [0, 0.1) is 28.2 Å². The number of benzene rings is 2. The fourth-order valence-corrected chi connectivity index (χ4v) is 4.62. The van der Waals surface area contributed by atoms with E-state index in [1.165, 1.54) is 5.56 Å². The number of carbonyl (C=O) groups excluding carboxylic acids is 1. The highest BCUT2D eigenvalue weighted by atomic mass is 16.2. The summed E-state index contributed by atoms with van der Waals surface area (Å²) in [6.45, 7) is 0. The molecular formula is C25H22N4O. The van der Waals surface area contributed by atoms with E-state index in [4.69, 9.17) is 0 Å². The highest BCUT2D eigenvalue weighted by Crippen LogP contribution is 2.48. The molecule has 1 unspecified atom stereocenters.